The van der Waals surface area contributed by atoms with E-state index < -0.39 is 0 Å². The van der Waals surface area contributed by atoms with Gasteiger partial charge in [-0.25, -0.2) is 0 Å². The molecule has 0 radical (unpaired) electrons. The van der Waals surface area contributed by atoms with Gasteiger partial charge in [-0.05, 0) is 0 Å². The molecule has 0 bridgehead atoms. The molecular weight excluding hydrogens is 264 g/mol. The first-order chi connectivity index (χ1) is 6.00. The second-order valence-electron chi connectivity index (χ2n) is 1.93. The summed E-state index contributed by atoms with van der Waals surface area (Å²) in [6.07, 6.45) is 0. The highest BCUT2D eigenvalue weighted by atomic mass is 33.1. The molecule has 0 aromatic carbocycles. The number of hydrogen-bond acceptors (Lipinski definition) is 6. The minimum absolute atomic E-state index is 1.31. The van der Waals surface area contributed by atoms with Gasteiger partial charge < -0.3 is 0 Å². The lowest BCUT2D eigenvalue weighted by Gasteiger charge is -2.04. The fourth-order valence-electron chi connectivity index (χ4n) is 0.558. The van der Waals surface area contributed by atoms with E-state index in [1.54, 1.807) is 0 Å². The summed E-state index contributed by atoms with van der Waals surface area (Å²) in [5.74, 6) is 7.83. The van der Waals surface area contributed by atoms with Crippen molar-refractivity contribution in [2.45, 2.75) is 0 Å². The Kier molecular flexibility index (Phi) is 9.78. The van der Waals surface area contributed by atoms with Gasteiger partial charge in [-0.3, -0.25) is 0 Å². The minimum atomic E-state index is 1.31. The second kappa shape index (κ2) is 9.65. The molecule has 0 atom stereocenters. The molecule has 1 heterocycles. The summed E-state index contributed by atoms with van der Waals surface area (Å²) in [7, 11) is 12.2. The maximum absolute atomic E-state index is 2.03. The van der Waals surface area contributed by atoms with Crippen molar-refractivity contribution in [1.29, 1.82) is 0 Å². The van der Waals surface area contributed by atoms with Crippen LogP contribution < -0.4 is 0 Å². The molecule has 6 heteroatoms. The van der Waals surface area contributed by atoms with Crippen LogP contribution in [0.25, 0.3) is 0 Å². The largest absolute Gasteiger partial charge is 0.0932 e. The Bertz CT molecular complexity index is 55.0. The molecule has 1 rings (SSSR count). The third-order valence-electron chi connectivity index (χ3n) is 1.00. The van der Waals surface area contributed by atoms with Crippen LogP contribution in [0.1, 0.15) is 0 Å². The Morgan fingerprint density at radius 2 is 0.500 bits per heavy atom. The predicted molar refractivity (Wildman–Crippen MR) is 74.7 cm³/mol. The van der Waals surface area contributed by atoms with Crippen molar-refractivity contribution in [3.05, 3.63) is 0 Å². The molecular formula is C6H12S6. The molecule has 0 saturated carbocycles. The van der Waals surface area contributed by atoms with Gasteiger partial charge in [0.05, 0.1) is 0 Å². The zero-order valence-electron chi connectivity index (χ0n) is 6.69. The van der Waals surface area contributed by atoms with E-state index in [9.17, 15) is 0 Å². The van der Waals surface area contributed by atoms with E-state index in [0.29, 0.717) is 0 Å². The molecule has 0 N–H and O–H groups in total. The smallest absolute Gasteiger partial charge is 0.0136 e. The standard InChI is InChI=1S/C6H12S6/c1-2-8-10-5-6-12-11-4-3-9-7-1/h1-6H2. The minimum Gasteiger partial charge on any atom is -0.0932 e. The van der Waals surface area contributed by atoms with Gasteiger partial charge in [0, 0.05) is 34.5 Å². The monoisotopic (exact) mass is 276 g/mol. The molecule has 0 aliphatic carbocycles. The molecule has 0 aromatic rings. The van der Waals surface area contributed by atoms with Gasteiger partial charge in [-0.2, -0.15) is 0 Å². The number of hydrogen-bond donors (Lipinski definition) is 0. The van der Waals surface area contributed by atoms with Crippen LogP contribution in [0, 0.1) is 0 Å². The molecule has 0 aromatic heterocycles. The summed E-state index contributed by atoms with van der Waals surface area (Å²) in [5.41, 5.74) is 0. The van der Waals surface area contributed by atoms with Crippen molar-refractivity contribution in [3.63, 3.8) is 0 Å². The Labute approximate surface area is 98.5 Å². The fraction of sp³-hybridized carbons (Fsp3) is 1.00. The van der Waals surface area contributed by atoms with Crippen molar-refractivity contribution in [2.24, 2.45) is 0 Å². The van der Waals surface area contributed by atoms with E-state index in [2.05, 4.69) is 0 Å². The summed E-state index contributed by atoms with van der Waals surface area (Å²) in [5, 5.41) is 0. The second-order valence-corrected chi connectivity index (χ2v) is 10.0. The molecule has 1 fully saturated rings. The van der Waals surface area contributed by atoms with Gasteiger partial charge in [0.25, 0.3) is 0 Å². The van der Waals surface area contributed by atoms with Crippen molar-refractivity contribution >= 4 is 64.8 Å². The Morgan fingerprint density at radius 1 is 0.333 bits per heavy atom. The zero-order valence-corrected chi connectivity index (χ0v) is 11.6. The maximum Gasteiger partial charge on any atom is 0.0136 e. The van der Waals surface area contributed by atoms with Gasteiger partial charge in [0.15, 0.2) is 0 Å². The van der Waals surface area contributed by atoms with E-state index >= 15 is 0 Å². The highest BCUT2D eigenvalue weighted by Crippen LogP contribution is 2.32. The number of rotatable bonds is 0. The van der Waals surface area contributed by atoms with Crippen molar-refractivity contribution in [2.75, 3.05) is 34.5 Å². The first kappa shape index (κ1) is 12.2. The lowest BCUT2D eigenvalue weighted by Crippen LogP contribution is -1.86. The van der Waals surface area contributed by atoms with Gasteiger partial charge in [-0.15, -0.1) is 0 Å². The Balaban J connectivity index is 2.00. The van der Waals surface area contributed by atoms with E-state index in [1.165, 1.54) is 34.5 Å². The highest BCUT2D eigenvalue weighted by molar-refractivity contribution is 8.80. The lowest BCUT2D eigenvalue weighted by atomic mass is 11.0. The maximum atomic E-state index is 2.03. The van der Waals surface area contributed by atoms with Gasteiger partial charge in [-0.1, -0.05) is 64.8 Å². The van der Waals surface area contributed by atoms with E-state index in [4.69, 9.17) is 0 Å². The Hall–Kier alpha value is 2.10. The van der Waals surface area contributed by atoms with Crippen LogP contribution in [0.3, 0.4) is 0 Å². The van der Waals surface area contributed by atoms with Crippen LogP contribution in [0.2, 0.25) is 0 Å². The van der Waals surface area contributed by atoms with Crippen LogP contribution in [-0.2, 0) is 0 Å². The molecule has 1 saturated heterocycles. The molecule has 0 amide bonds. The highest BCUT2D eigenvalue weighted by Gasteiger charge is 1.97. The Morgan fingerprint density at radius 3 is 0.667 bits per heavy atom. The van der Waals surface area contributed by atoms with Gasteiger partial charge in [0.2, 0.25) is 0 Å². The first-order valence-corrected chi connectivity index (χ1v) is 11.2. The van der Waals surface area contributed by atoms with Crippen LogP contribution >= 0.6 is 64.8 Å². The summed E-state index contributed by atoms with van der Waals surface area (Å²) >= 11 is 0. The summed E-state index contributed by atoms with van der Waals surface area (Å²) in [6, 6.07) is 0. The summed E-state index contributed by atoms with van der Waals surface area (Å²) in [4.78, 5) is 0. The molecule has 1 aliphatic rings. The lowest BCUT2D eigenvalue weighted by molar-refractivity contribution is 1.55. The van der Waals surface area contributed by atoms with Crippen LogP contribution in [0.4, 0.5) is 0 Å². The normalized spacial score (nSPS) is 24.0. The van der Waals surface area contributed by atoms with Crippen molar-refractivity contribution in [3.8, 4) is 0 Å². The van der Waals surface area contributed by atoms with Crippen LogP contribution in [0.5, 0.6) is 0 Å². The molecule has 0 spiro atoms. The molecule has 72 valence electrons. The van der Waals surface area contributed by atoms with Crippen LogP contribution in [-0.4, -0.2) is 34.5 Å². The van der Waals surface area contributed by atoms with Crippen LogP contribution in [0.15, 0.2) is 0 Å². The third-order valence-corrected chi connectivity index (χ3v) is 9.00. The molecule has 12 heavy (non-hydrogen) atoms. The van der Waals surface area contributed by atoms with E-state index in [0.717, 1.165) is 0 Å². The average Bonchev–Trinajstić information content (AvgIpc) is 2.05. The average molecular weight is 277 g/mol. The molecule has 1 aliphatic heterocycles. The zero-order chi connectivity index (χ0) is 8.49. The third kappa shape index (κ3) is 7.50. The van der Waals surface area contributed by atoms with Gasteiger partial charge in [0.1, 0.15) is 0 Å². The van der Waals surface area contributed by atoms with Gasteiger partial charge >= 0.3 is 0 Å². The van der Waals surface area contributed by atoms with Crippen molar-refractivity contribution in [1.82, 2.24) is 0 Å². The predicted octanol–water partition coefficient (Wildman–Crippen LogP) is 4.14. The van der Waals surface area contributed by atoms with Crippen molar-refractivity contribution < 1.29 is 0 Å². The fourth-order valence-corrected chi connectivity index (χ4v) is 8.69. The molecule has 0 nitrogen and oxygen atoms in total. The quantitative estimate of drug-likeness (QED) is 0.605. The topological polar surface area (TPSA) is 0 Å². The van der Waals surface area contributed by atoms with E-state index in [1.807, 2.05) is 64.8 Å². The summed E-state index contributed by atoms with van der Waals surface area (Å²) < 4.78 is 0. The molecule has 0 unspecified atom stereocenters. The SMILES string of the molecule is C1CSSCCSSCCSS1. The van der Waals surface area contributed by atoms with E-state index in [-0.39, 0.29) is 0 Å². The first-order valence-electron chi connectivity index (χ1n) is 3.73. The summed E-state index contributed by atoms with van der Waals surface area (Å²) in [6.45, 7) is 0.